The van der Waals surface area contributed by atoms with Crippen LogP contribution in [0.3, 0.4) is 0 Å². The van der Waals surface area contributed by atoms with Crippen molar-refractivity contribution in [1.82, 2.24) is 13.5 Å². The van der Waals surface area contributed by atoms with Gasteiger partial charge in [-0.25, -0.2) is 0 Å². The van der Waals surface area contributed by atoms with Gasteiger partial charge in [0.15, 0.2) is 0 Å². The molecule has 1 aliphatic heterocycles. The second kappa shape index (κ2) is 6.31. The molecule has 0 radical (unpaired) electrons. The van der Waals surface area contributed by atoms with Crippen LogP contribution in [0, 0.1) is 11.3 Å². The van der Waals surface area contributed by atoms with E-state index in [1.807, 2.05) is 6.07 Å². The molecule has 0 aromatic rings. The minimum absolute atomic E-state index is 0.227. The quantitative estimate of drug-likeness (QED) is 0.681. The third-order valence-electron chi connectivity index (χ3n) is 3.04. The summed E-state index contributed by atoms with van der Waals surface area (Å²) in [6.45, 7) is 5.91. The van der Waals surface area contributed by atoms with Crippen molar-refractivity contribution in [3.05, 3.63) is 0 Å². The summed E-state index contributed by atoms with van der Waals surface area (Å²) >= 11 is 0. The summed E-state index contributed by atoms with van der Waals surface area (Å²) in [6, 6.07) is 1.96. The maximum atomic E-state index is 12.1. The zero-order chi connectivity index (χ0) is 12.9. The van der Waals surface area contributed by atoms with Crippen LogP contribution in [0.25, 0.3) is 0 Å². The monoisotopic (exact) mass is 260 g/mol. The largest absolute Gasteiger partial charge is 0.301 e. The maximum absolute atomic E-state index is 12.1. The van der Waals surface area contributed by atoms with Gasteiger partial charge in [-0.15, -0.1) is 0 Å². The third-order valence-corrected chi connectivity index (χ3v) is 5.03. The zero-order valence-electron chi connectivity index (χ0n) is 10.5. The zero-order valence-corrected chi connectivity index (χ0v) is 11.3. The summed E-state index contributed by atoms with van der Waals surface area (Å²) in [5.74, 6) is 0. The molecule has 0 aromatic carbocycles. The highest BCUT2D eigenvalue weighted by atomic mass is 32.2. The van der Waals surface area contributed by atoms with Crippen molar-refractivity contribution in [2.45, 2.75) is 13.3 Å². The van der Waals surface area contributed by atoms with Gasteiger partial charge in [0.2, 0.25) is 0 Å². The van der Waals surface area contributed by atoms with Gasteiger partial charge in [0, 0.05) is 46.2 Å². The Labute approximate surface area is 104 Å². The lowest BCUT2D eigenvalue weighted by Gasteiger charge is -2.35. The van der Waals surface area contributed by atoms with Crippen LogP contribution >= 0.6 is 0 Å². The summed E-state index contributed by atoms with van der Waals surface area (Å²) in [7, 11) is -1.85. The minimum Gasteiger partial charge on any atom is -0.301 e. The molecule has 7 heteroatoms. The van der Waals surface area contributed by atoms with Gasteiger partial charge in [-0.2, -0.15) is 22.3 Å². The molecule has 17 heavy (non-hydrogen) atoms. The average Bonchev–Trinajstić information content (AvgIpc) is 2.35. The van der Waals surface area contributed by atoms with Crippen molar-refractivity contribution in [2.24, 2.45) is 0 Å². The molecule has 0 N–H and O–H groups in total. The Bertz CT molecular complexity index is 368. The number of nitrogens with zero attached hydrogens (tertiary/aromatic N) is 4. The average molecular weight is 260 g/mol. The molecule has 0 saturated carbocycles. The van der Waals surface area contributed by atoms with Crippen LogP contribution in [-0.4, -0.2) is 68.2 Å². The summed E-state index contributed by atoms with van der Waals surface area (Å²) in [6.07, 6.45) is 0.227. The SMILES string of the molecule is CCN1CCN(S(=O)(=O)N(C)CCC#N)CC1. The highest BCUT2D eigenvalue weighted by molar-refractivity contribution is 7.86. The minimum atomic E-state index is -3.38. The lowest BCUT2D eigenvalue weighted by Crippen LogP contribution is -2.52. The Balaban J connectivity index is 2.57. The van der Waals surface area contributed by atoms with E-state index in [0.717, 1.165) is 19.6 Å². The first-order chi connectivity index (χ1) is 8.02. The smallest absolute Gasteiger partial charge is 0.281 e. The molecule has 0 aliphatic carbocycles. The van der Waals surface area contributed by atoms with E-state index in [1.165, 1.54) is 15.7 Å². The number of nitriles is 1. The number of piperazine rings is 1. The standard InChI is InChI=1S/C10H20N4O2S/c1-3-13-7-9-14(10-8-13)17(15,16)12(2)6-4-5-11/h3-4,6-10H2,1-2H3. The van der Waals surface area contributed by atoms with Gasteiger partial charge in [0.25, 0.3) is 10.2 Å². The molecule has 0 amide bonds. The fourth-order valence-corrected chi connectivity index (χ4v) is 3.14. The molecule has 1 heterocycles. The normalized spacial score (nSPS) is 19.4. The molecule has 6 nitrogen and oxygen atoms in total. The fourth-order valence-electron chi connectivity index (χ4n) is 1.80. The van der Waals surface area contributed by atoms with Crippen molar-refractivity contribution in [1.29, 1.82) is 5.26 Å². The summed E-state index contributed by atoms with van der Waals surface area (Å²) in [5, 5.41) is 8.47. The van der Waals surface area contributed by atoms with Crippen molar-refractivity contribution >= 4 is 10.2 Å². The predicted molar refractivity (Wildman–Crippen MR) is 65.5 cm³/mol. The van der Waals surface area contributed by atoms with Gasteiger partial charge in [-0.05, 0) is 6.54 Å². The van der Waals surface area contributed by atoms with E-state index in [-0.39, 0.29) is 13.0 Å². The molecular weight excluding hydrogens is 240 g/mol. The molecule has 0 aromatic heterocycles. The van der Waals surface area contributed by atoms with E-state index in [0.29, 0.717) is 13.1 Å². The lowest BCUT2D eigenvalue weighted by atomic mass is 10.4. The number of hydrogen-bond acceptors (Lipinski definition) is 4. The summed E-state index contributed by atoms with van der Waals surface area (Å²) in [5.41, 5.74) is 0. The molecule has 0 atom stereocenters. The van der Waals surface area contributed by atoms with Crippen molar-refractivity contribution in [2.75, 3.05) is 46.3 Å². The first-order valence-electron chi connectivity index (χ1n) is 5.83. The molecule has 0 spiro atoms. The molecule has 0 unspecified atom stereocenters. The number of hydrogen-bond donors (Lipinski definition) is 0. The van der Waals surface area contributed by atoms with Crippen LogP contribution in [0.2, 0.25) is 0 Å². The van der Waals surface area contributed by atoms with E-state index in [2.05, 4.69) is 11.8 Å². The van der Waals surface area contributed by atoms with E-state index < -0.39 is 10.2 Å². The Morgan fingerprint density at radius 1 is 1.29 bits per heavy atom. The highest BCUT2D eigenvalue weighted by Gasteiger charge is 2.29. The van der Waals surface area contributed by atoms with Crippen LogP contribution in [0.15, 0.2) is 0 Å². The Hall–Kier alpha value is -0.680. The molecule has 1 saturated heterocycles. The van der Waals surface area contributed by atoms with Crippen molar-refractivity contribution in [3.8, 4) is 6.07 Å². The fraction of sp³-hybridized carbons (Fsp3) is 0.900. The topological polar surface area (TPSA) is 67.7 Å². The first kappa shape index (κ1) is 14.4. The van der Waals surface area contributed by atoms with Crippen LogP contribution in [0.4, 0.5) is 0 Å². The lowest BCUT2D eigenvalue weighted by molar-refractivity contribution is 0.190. The Morgan fingerprint density at radius 3 is 2.35 bits per heavy atom. The van der Waals surface area contributed by atoms with Crippen LogP contribution in [0.5, 0.6) is 0 Å². The molecule has 0 bridgehead atoms. The number of rotatable bonds is 5. The van der Waals surface area contributed by atoms with E-state index in [9.17, 15) is 8.42 Å². The van der Waals surface area contributed by atoms with Crippen molar-refractivity contribution in [3.63, 3.8) is 0 Å². The molecule has 1 aliphatic rings. The Morgan fingerprint density at radius 2 is 1.88 bits per heavy atom. The highest BCUT2D eigenvalue weighted by Crippen LogP contribution is 2.10. The van der Waals surface area contributed by atoms with Gasteiger partial charge in [0.1, 0.15) is 0 Å². The van der Waals surface area contributed by atoms with Gasteiger partial charge >= 0.3 is 0 Å². The van der Waals surface area contributed by atoms with Crippen LogP contribution in [0.1, 0.15) is 13.3 Å². The molecule has 1 fully saturated rings. The van der Waals surface area contributed by atoms with E-state index >= 15 is 0 Å². The molecule has 98 valence electrons. The van der Waals surface area contributed by atoms with Gasteiger partial charge in [0.05, 0.1) is 6.07 Å². The maximum Gasteiger partial charge on any atom is 0.281 e. The van der Waals surface area contributed by atoms with E-state index in [4.69, 9.17) is 5.26 Å². The molecule has 1 rings (SSSR count). The number of likely N-dealkylation sites (N-methyl/N-ethyl adjacent to an activating group) is 1. The van der Waals surface area contributed by atoms with E-state index in [1.54, 1.807) is 0 Å². The predicted octanol–water partition coefficient (Wildman–Crippen LogP) is -0.286. The Kier molecular flexibility index (Phi) is 5.33. The van der Waals surface area contributed by atoms with Gasteiger partial charge < -0.3 is 4.90 Å². The molecular formula is C10H20N4O2S. The van der Waals surface area contributed by atoms with Crippen molar-refractivity contribution < 1.29 is 8.42 Å². The van der Waals surface area contributed by atoms with Crippen LogP contribution in [-0.2, 0) is 10.2 Å². The second-order valence-electron chi connectivity index (χ2n) is 4.07. The summed E-state index contributed by atoms with van der Waals surface area (Å²) < 4.78 is 27.0. The van der Waals surface area contributed by atoms with Crippen LogP contribution < -0.4 is 0 Å². The van der Waals surface area contributed by atoms with Gasteiger partial charge in [-0.3, -0.25) is 0 Å². The summed E-state index contributed by atoms with van der Waals surface area (Å²) in [4.78, 5) is 2.22. The second-order valence-corrected chi connectivity index (χ2v) is 6.11. The first-order valence-corrected chi connectivity index (χ1v) is 7.22. The third kappa shape index (κ3) is 3.64. The van der Waals surface area contributed by atoms with Gasteiger partial charge in [-0.1, -0.05) is 6.92 Å².